The maximum atomic E-state index is 12.1. The zero-order valence-corrected chi connectivity index (χ0v) is 12.9. The molecule has 0 N–H and O–H groups in total. The number of aromatic nitrogens is 2. The van der Waals surface area contributed by atoms with E-state index in [1.807, 2.05) is 38.1 Å². The quantitative estimate of drug-likeness (QED) is 0.796. The van der Waals surface area contributed by atoms with E-state index >= 15 is 0 Å². The summed E-state index contributed by atoms with van der Waals surface area (Å²) in [6.07, 6.45) is 1.76. The van der Waals surface area contributed by atoms with Crippen LogP contribution in [0.25, 0.3) is 11.3 Å². The fraction of sp³-hybridized carbons (Fsp3) is 0.312. The lowest BCUT2D eigenvalue weighted by molar-refractivity contribution is 0.107. The third-order valence-corrected chi connectivity index (χ3v) is 3.46. The van der Waals surface area contributed by atoms with Gasteiger partial charge in [0, 0.05) is 12.1 Å². The molecule has 0 aliphatic carbocycles. The van der Waals surface area contributed by atoms with Crippen LogP contribution in [-0.2, 0) is 6.54 Å². The molecule has 4 nitrogen and oxygen atoms in total. The average Bonchev–Trinajstić information content (AvgIpc) is 2.47. The monoisotopic (exact) mass is 304 g/mol. The van der Waals surface area contributed by atoms with E-state index in [0.29, 0.717) is 12.2 Å². The maximum absolute atomic E-state index is 12.1. The molecule has 0 aliphatic heterocycles. The molecule has 1 heterocycles. The molecular weight excluding hydrogens is 288 g/mol. The summed E-state index contributed by atoms with van der Waals surface area (Å²) in [5.41, 5.74) is 2.10. The maximum Gasteiger partial charge on any atom is 0.278 e. The summed E-state index contributed by atoms with van der Waals surface area (Å²) < 4.78 is 1.33. The van der Waals surface area contributed by atoms with Gasteiger partial charge in [-0.15, -0.1) is 0 Å². The standard InChI is InChI=1S/C16H17ClN2O2/c1-3-4-9-19-16(21)13(15(17)20)10-14(18-19)12-7-5-11(2)6-8-12/h5-8,10H,3-4,9H2,1-2H3. The number of carbonyl (C=O) groups is 1. The average molecular weight is 305 g/mol. The van der Waals surface area contributed by atoms with Crippen LogP contribution in [0, 0.1) is 6.92 Å². The lowest BCUT2D eigenvalue weighted by atomic mass is 10.1. The Labute approximate surface area is 128 Å². The molecule has 0 bridgehead atoms. The van der Waals surface area contributed by atoms with Crippen LogP contribution >= 0.6 is 11.6 Å². The third kappa shape index (κ3) is 3.58. The molecule has 0 fully saturated rings. The summed E-state index contributed by atoms with van der Waals surface area (Å²) in [4.78, 5) is 23.6. The first kappa shape index (κ1) is 15.4. The minimum Gasteiger partial charge on any atom is -0.275 e. The van der Waals surface area contributed by atoms with Gasteiger partial charge in [-0.05, 0) is 31.0 Å². The van der Waals surface area contributed by atoms with Crippen molar-refractivity contribution in [2.24, 2.45) is 0 Å². The fourth-order valence-corrected chi connectivity index (χ4v) is 2.14. The number of nitrogens with zero attached hydrogens (tertiary/aromatic N) is 2. The molecular formula is C16H17ClN2O2. The van der Waals surface area contributed by atoms with Gasteiger partial charge in [-0.3, -0.25) is 9.59 Å². The van der Waals surface area contributed by atoms with Crippen LogP contribution in [0.4, 0.5) is 0 Å². The molecule has 0 unspecified atom stereocenters. The fourth-order valence-electron chi connectivity index (χ4n) is 2.01. The van der Waals surface area contributed by atoms with Crippen LogP contribution in [0.1, 0.15) is 35.7 Å². The second-order valence-corrected chi connectivity index (χ2v) is 5.31. The first-order chi connectivity index (χ1) is 10.0. The summed E-state index contributed by atoms with van der Waals surface area (Å²) in [6, 6.07) is 9.20. The molecule has 1 aromatic carbocycles. The van der Waals surface area contributed by atoms with E-state index in [9.17, 15) is 9.59 Å². The normalized spacial score (nSPS) is 10.6. The molecule has 0 amide bonds. The summed E-state index contributed by atoms with van der Waals surface area (Å²) in [6.45, 7) is 4.50. The van der Waals surface area contributed by atoms with E-state index in [4.69, 9.17) is 11.6 Å². The van der Waals surface area contributed by atoms with Crippen LogP contribution in [-0.4, -0.2) is 15.0 Å². The van der Waals surface area contributed by atoms with E-state index in [2.05, 4.69) is 5.10 Å². The van der Waals surface area contributed by atoms with Gasteiger partial charge in [0.05, 0.1) is 5.69 Å². The van der Waals surface area contributed by atoms with Crippen molar-refractivity contribution in [2.45, 2.75) is 33.2 Å². The minimum atomic E-state index is -0.749. The van der Waals surface area contributed by atoms with E-state index in [1.54, 1.807) is 0 Å². The van der Waals surface area contributed by atoms with Gasteiger partial charge in [0.25, 0.3) is 10.8 Å². The van der Waals surface area contributed by atoms with E-state index in [-0.39, 0.29) is 5.56 Å². The Kier molecular flexibility index (Phi) is 4.91. The Morgan fingerprint density at radius 3 is 2.52 bits per heavy atom. The molecule has 1 aromatic heterocycles. The van der Waals surface area contributed by atoms with E-state index < -0.39 is 10.8 Å². The first-order valence-corrected chi connectivity index (χ1v) is 7.29. The molecule has 5 heteroatoms. The molecule has 0 saturated heterocycles. The molecule has 0 atom stereocenters. The van der Waals surface area contributed by atoms with E-state index in [1.165, 1.54) is 10.7 Å². The van der Waals surface area contributed by atoms with Gasteiger partial charge in [-0.2, -0.15) is 5.10 Å². The highest BCUT2D eigenvalue weighted by atomic mass is 35.5. The first-order valence-electron chi connectivity index (χ1n) is 6.92. The van der Waals surface area contributed by atoms with Gasteiger partial charge < -0.3 is 0 Å². The number of unbranched alkanes of at least 4 members (excludes halogenated alkanes) is 1. The summed E-state index contributed by atoms with van der Waals surface area (Å²) >= 11 is 5.52. The van der Waals surface area contributed by atoms with Crippen LogP contribution in [0.5, 0.6) is 0 Å². The highest BCUT2D eigenvalue weighted by Crippen LogP contribution is 2.18. The van der Waals surface area contributed by atoms with Crippen LogP contribution in [0.2, 0.25) is 0 Å². The van der Waals surface area contributed by atoms with Crippen molar-refractivity contribution in [1.82, 2.24) is 9.78 Å². The molecule has 0 aliphatic rings. The molecule has 2 rings (SSSR count). The predicted molar refractivity (Wildman–Crippen MR) is 83.8 cm³/mol. The Balaban J connectivity index is 2.55. The summed E-state index contributed by atoms with van der Waals surface area (Å²) in [5.74, 6) is 0. The molecule has 110 valence electrons. The van der Waals surface area contributed by atoms with Crippen LogP contribution < -0.4 is 5.56 Å². The Bertz CT molecular complexity index is 705. The third-order valence-electron chi connectivity index (χ3n) is 3.26. The molecule has 21 heavy (non-hydrogen) atoms. The van der Waals surface area contributed by atoms with Crippen molar-refractivity contribution in [3.63, 3.8) is 0 Å². The zero-order valence-electron chi connectivity index (χ0n) is 12.1. The van der Waals surface area contributed by atoms with Gasteiger partial charge in [0.15, 0.2) is 0 Å². The predicted octanol–water partition coefficient (Wildman–Crippen LogP) is 3.40. The highest BCUT2D eigenvalue weighted by Gasteiger charge is 2.14. The van der Waals surface area contributed by atoms with Crippen molar-refractivity contribution in [1.29, 1.82) is 0 Å². The van der Waals surface area contributed by atoms with Crippen molar-refractivity contribution in [3.8, 4) is 11.3 Å². The second-order valence-electron chi connectivity index (χ2n) is 4.96. The summed E-state index contributed by atoms with van der Waals surface area (Å²) in [5, 5.41) is 3.60. The number of carbonyl (C=O) groups excluding carboxylic acids is 1. The van der Waals surface area contributed by atoms with Crippen molar-refractivity contribution < 1.29 is 4.79 Å². The number of hydrogen-bond donors (Lipinski definition) is 0. The Hall–Kier alpha value is -1.94. The van der Waals surface area contributed by atoms with Gasteiger partial charge >= 0.3 is 0 Å². The van der Waals surface area contributed by atoms with Gasteiger partial charge in [-0.1, -0.05) is 43.2 Å². The van der Waals surface area contributed by atoms with Crippen molar-refractivity contribution in [2.75, 3.05) is 0 Å². The largest absolute Gasteiger partial charge is 0.278 e. The Morgan fingerprint density at radius 2 is 1.95 bits per heavy atom. The van der Waals surface area contributed by atoms with Crippen molar-refractivity contribution >= 4 is 16.8 Å². The van der Waals surface area contributed by atoms with Gasteiger partial charge in [0.2, 0.25) is 0 Å². The van der Waals surface area contributed by atoms with Gasteiger partial charge in [-0.25, -0.2) is 4.68 Å². The number of aryl methyl sites for hydroxylation is 2. The SMILES string of the molecule is CCCCn1nc(-c2ccc(C)cc2)cc(C(=O)Cl)c1=O. The second kappa shape index (κ2) is 6.68. The van der Waals surface area contributed by atoms with Crippen molar-refractivity contribution in [3.05, 3.63) is 51.8 Å². The van der Waals surface area contributed by atoms with Crippen LogP contribution in [0.3, 0.4) is 0 Å². The molecule has 2 aromatic rings. The summed E-state index contributed by atoms with van der Waals surface area (Å²) in [7, 11) is 0. The van der Waals surface area contributed by atoms with Crippen LogP contribution in [0.15, 0.2) is 35.1 Å². The smallest absolute Gasteiger partial charge is 0.275 e. The lowest BCUT2D eigenvalue weighted by Gasteiger charge is -2.09. The minimum absolute atomic E-state index is 0.0293. The Morgan fingerprint density at radius 1 is 1.29 bits per heavy atom. The molecule has 0 radical (unpaired) electrons. The molecule has 0 saturated carbocycles. The topological polar surface area (TPSA) is 52.0 Å². The molecule has 0 spiro atoms. The lowest BCUT2D eigenvalue weighted by Crippen LogP contribution is -2.28. The number of hydrogen-bond acceptors (Lipinski definition) is 3. The van der Waals surface area contributed by atoms with E-state index in [0.717, 1.165) is 24.0 Å². The number of halogens is 1. The number of benzene rings is 1. The highest BCUT2D eigenvalue weighted by molar-refractivity contribution is 6.67. The number of rotatable bonds is 5. The van der Waals surface area contributed by atoms with Gasteiger partial charge in [0.1, 0.15) is 5.56 Å². The zero-order chi connectivity index (χ0) is 15.4.